The van der Waals surface area contributed by atoms with Crippen molar-refractivity contribution in [1.82, 2.24) is 0 Å². The highest BCUT2D eigenvalue weighted by molar-refractivity contribution is 5.49. The van der Waals surface area contributed by atoms with Gasteiger partial charge in [-0.25, -0.2) is 0 Å². The van der Waals surface area contributed by atoms with Crippen LogP contribution < -0.4 is 15.2 Å². The Kier molecular flexibility index (Phi) is 3.31. The maximum atomic E-state index is 9.81. The molecule has 1 atom stereocenters. The normalized spacial score (nSPS) is 15.4. The number of fused-ring (bicyclic) bond motifs is 1. The minimum atomic E-state index is -0.698. The summed E-state index contributed by atoms with van der Waals surface area (Å²) in [5.74, 6) is 1.55. The van der Waals surface area contributed by atoms with Crippen molar-refractivity contribution in [3.05, 3.63) is 23.3 Å². The summed E-state index contributed by atoms with van der Waals surface area (Å²) in [6.07, 6.45) is 0.199. The molecule has 4 heteroatoms. The highest BCUT2D eigenvalue weighted by Gasteiger charge is 2.20. The Morgan fingerprint density at radius 3 is 3.06 bits per heavy atom. The molecule has 2 rings (SSSR count). The lowest BCUT2D eigenvalue weighted by atomic mass is 10.0. The summed E-state index contributed by atoms with van der Waals surface area (Å²) < 4.78 is 11.0. The van der Waals surface area contributed by atoms with Gasteiger partial charge in [-0.2, -0.15) is 0 Å². The Labute approximate surface area is 95.0 Å². The van der Waals surface area contributed by atoms with Crippen LogP contribution in [0.25, 0.3) is 0 Å². The van der Waals surface area contributed by atoms with Crippen LogP contribution >= 0.6 is 0 Å². The third kappa shape index (κ3) is 1.99. The van der Waals surface area contributed by atoms with Crippen molar-refractivity contribution in [3.8, 4) is 11.5 Å². The van der Waals surface area contributed by atoms with Crippen LogP contribution in [0.1, 0.15) is 24.2 Å². The molecule has 0 saturated carbocycles. The van der Waals surface area contributed by atoms with Gasteiger partial charge in [0.2, 0.25) is 0 Å². The number of benzene rings is 1. The van der Waals surface area contributed by atoms with Crippen LogP contribution in [0.15, 0.2) is 12.1 Å². The van der Waals surface area contributed by atoms with E-state index in [2.05, 4.69) is 0 Å². The molecule has 0 fully saturated rings. The number of nitrogens with two attached hydrogens (primary N) is 1. The quantitative estimate of drug-likeness (QED) is 0.799. The van der Waals surface area contributed by atoms with Gasteiger partial charge in [-0.05, 0) is 19.1 Å². The lowest BCUT2D eigenvalue weighted by Crippen LogP contribution is -2.13. The molecular formula is C12H17NO3. The molecule has 0 aliphatic carbocycles. The number of rotatable bonds is 4. The summed E-state index contributed by atoms with van der Waals surface area (Å²) in [5.41, 5.74) is 7.32. The Balaban J connectivity index is 2.40. The van der Waals surface area contributed by atoms with Crippen LogP contribution in [0.2, 0.25) is 0 Å². The van der Waals surface area contributed by atoms with E-state index >= 15 is 0 Å². The van der Waals surface area contributed by atoms with Crippen LogP contribution in [0.5, 0.6) is 11.5 Å². The summed E-state index contributed by atoms with van der Waals surface area (Å²) in [4.78, 5) is 0. The van der Waals surface area contributed by atoms with Crippen molar-refractivity contribution >= 4 is 0 Å². The number of hydrogen-bond acceptors (Lipinski definition) is 4. The van der Waals surface area contributed by atoms with E-state index in [0.717, 1.165) is 17.7 Å². The summed E-state index contributed by atoms with van der Waals surface area (Å²) in [7, 11) is 0. The largest absolute Gasteiger partial charge is 0.493 e. The summed E-state index contributed by atoms with van der Waals surface area (Å²) in [6, 6.07) is 3.78. The molecule has 1 heterocycles. The van der Waals surface area contributed by atoms with Gasteiger partial charge in [0, 0.05) is 24.1 Å². The Morgan fingerprint density at radius 1 is 1.56 bits per heavy atom. The number of aliphatic hydroxyl groups excluding tert-OH is 1. The molecule has 0 spiro atoms. The second-order valence-electron chi connectivity index (χ2n) is 3.78. The molecule has 16 heavy (non-hydrogen) atoms. The zero-order valence-electron chi connectivity index (χ0n) is 9.40. The van der Waals surface area contributed by atoms with E-state index in [1.807, 2.05) is 19.1 Å². The number of hydrogen-bond donors (Lipinski definition) is 2. The molecule has 1 aliphatic rings. The third-order valence-electron chi connectivity index (χ3n) is 2.70. The molecule has 88 valence electrons. The monoisotopic (exact) mass is 223 g/mol. The van der Waals surface area contributed by atoms with E-state index in [-0.39, 0.29) is 6.54 Å². The van der Waals surface area contributed by atoms with Crippen molar-refractivity contribution < 1.29 is 14.6 Å². The van der Waals surface area contributed by atoms with E-state index < -0.39 is 6.10 Å². The van der Waals surface area contributed by atoms with Crippen molar-refractivity contribution in [1.29, 1.82) is 0 Å². The van der Waals surface area contributed by atoms with Gasteiger partial charge >= 0.3 is 0 Å². The molecule has 0 amide bonds. The molecule has 0 radical (unpaired) electrons. The highest BCUT2D eigenvalue weighted by Crippen LogP contribution is 2.35. The SMILES string of the molecule is CCOc1cc2c(cc1C(O)CN)OCC2. The van der Waals surface area contributed by atoms with E-state index in [1.165, 1.54) is 0 Å². The van der Waals surface area contributed by atoms with Gasteiger partial charge in [0.1, 0.15) is 11.5 Å². The van der Waals surface area contributed by atoms with E-state index in [1.54, 1.807) is 0 Å². The first-order chi connectivity index (χ1) is 7.76. The van der Waals surface area contributed by atoms with Crippen LogP contribution in [-0.2, 0) is 6.42 Å². The topological polar surface area (TPSA) is 64.7 Å². The van der Waals surface area contributed by atoms with Gasteiger partial charge in [-0.3, -0.25) is 0 Å². The van der Waals surface area contributed by atoms with Gasteiger partial charge < -0.3 is 20.3 Å². The third-order valence-corrected chi connectivity index (χ3v) is 2.70. The summed E-state index contributed by atoms with van der Waals surface area (Å²) >= 11 is 0. The minimum absolute atomic E-state index is 0.179. The molecule has 4 nitrogen and oxygen atoms in total. The molecular weight excluding hydrogens is 206 g/mol. The van der Waals surface area contributed by atoms with E-state index in [9.17, 15) is 5.11 Å². The number of aliphatic hydroxyl groups is 1. The first-order valence-electron chi connectivity index (χ1n) is 5.56. The average molecular weight is 223 g/mol. The first kappa shape index (κ1) is 11.2. The maximum Gasteiger partial charge on any atom is 0.125 e. The van der Waals surface area contributed by atoms with E-state index in [4.69, 9.17) is 15.2 Å². The lowest BCUT2D eigenvalue weighted by molar-refractivity contribution is 0.180. The predicted octanol–water partition coefficient (Wildman–Crippen LogP) is 1.01. The van der Waals surface area contributed by atoms with Crippen molar-refractivity contribution in [2.45, 2.75) is 19.4 Å². The molecule has 3 N–H and O–H groups in total. The average Bonchev–Trinajstić information content (AvgIpc) is 2.74. The molecule has 0 bridgehead atoms. The fourth-order valence-corrected chi connectivity index (χ4v) is 1.89. The predicted molar refractivity (Wildman–Crippen MR) is 60.8 cm³/mol. The van der Waals surface area contributed by atoms with Crippen molar-refractivity contribution in [2.75, 3.05) is 19.8 Å². The van der Waals surface area contributed by atoms with Gasteiger partial charge in [0.05, 0.1) is 19.3 Å². The Bertz CT molecular complexity index is 379. The highest BCUT2D eigenvalue weighted by atomic mass is 16.5. The van der Waals surface area contributed by atoms with Gasteiger partial charge in [0.25, 0.3) is 0 Å². The fraction of sp³-hybridized carbons (Fsp3) is 0.500. The fourth-order valence-electron chi connectivity index (χ4n) is 1.89. The smallest absolute Gasteiger partial charge is 0.125 e. The molecule has 0 aromatic heterocycles. The first-order valence-corrected chi connectivity index (χ1v) is 5.56. The van der Waals surface area contributed by atoms with E-state index in [0.29, 0.717) is 24.5 Å². The molecule has 1 aromatic carbocycles. The molecule has 1 unspecified atom stereocenters. The van der Waals surface area contributed by atoms with Crippen LogP contribution in [0, 0.1) is 0 Å². The van der Waals surface area contributed by atoms with Crippen molar-refractivity contribution in [2.24, 2.45) is 5.73 Å². The molecule has 1 aromatic rings. The number of ether oxygens (including phenoxy) is 2. The summed E-state index contributed by atoms with van der Waals surface area (Å²) in [6.45, 7) is 3.37. The Morgan fingerprint density at radius 2 is 2.38 bits per heavy atom. The second-order valence-corrected chi connectivity index (χ2v) is 3.78. The van der Waals surface area contributed by atoms with Crippen LogP contribution in [0.3, 0.4) is 0 Å². The Hall–Kier alpha value is -1.26. The molecule has 1 aliphatic heterocycles. The summed E-state index contributed by atoms with van der Waals surface area (Å²) in [5, 5.41) is 9.81. The lowest BCUT2D eigenvalue weighted by Gasteiger charge is -2.15. The zero-order valence-corrected chi connectivity index (χ0v) is 9.40. The zero-order chi connectivity index (χ0) is 11.5. The second kappa shape index (κ2) is 4.72. The van der Waals surface area contributed by atoms with Crippen LogP contribution in [0.4, 0.5) is 0 Å². The van der Waals surface area contributed by atoms with Gasteiger partial charge in [0.15, 0.2) is 0 Å². The standard InChI is InChI=1S/C12H17NO3/c1-2-15-12-5-8-3-4-16-11(8)6-9(12)10(14)7-13/h5-6,10,14H,2-4,7,13H2,1H3. The minimum Gasteiger partial charge on any atom is -0.493 e. The van der Waals surface area contributed by atoms with Crippen LogP contribution in [-0.4, -0.2) is 24.9 Å². The maximum absolute atomic E-state index is 9.81. The molecule has 0 saturated heterocycles. The van der Waals surface area contributed by atoms with Crippen molar-refractivity contribution in [3.63, 3.8) is 0 Å². The van der Waals surface area contributed by atoms with Gasteiger partial charge in [-0.1, -0.05) is 0 Å². The van der Waals surface area contributed by atoms with Gasteiger partial charge in [-0.15, -0.1) is 0 Å².